The van der Waals surface area contributed by atoms with E-state index in [-0.39, 0.29) is 5.41 Å². The molecule has 4 heterocycles. The van der Waals surface area contributed by atoms with Gasteiger partial charge in [-0.3, -0.25) is 4.57 Å². The van der Waals surface area contributed by atoms with Crippen LogP contribution < -0.4 is 0 Å². The fourth-order valence-corrected chi connectivity index (χ4v) is 12.1. The molecule has 4 nitrogen and oxygen atoms in total. The number of aromatic nitrogens is 4. The molecule has 1 aliphatic carbocycles. The van der Waals surface area contributed by atoms with Crippen LogP contribution in [0.15, 0.2) is 192 Å². The molecule has 0 fully saturated rings. The van der Waals surface area contributed by atoms with E-state index in [2.05, 4.69) is 194 Å². The zero-order chi connectivity index (χ0) is 41.6. The summed E-state index contributed by atoms with van der Waals surface area (Å²) < 4.78 is 2.35. The van der Waals surface area contributed by atoms with Crippen molar-refractivity contribution < 1.29 is 0 Å². The lowest BCUT2D eigenvalue weighted by Crippen LogP contribution is -2.16. The zero-order valence-electron chi connectivity index (χ0n) is 34.5. The SMILES string of the molecule is CC1(C)c2cc(-c3ccc4c(c3)c3ccccc3n4-c3nc(-c4cc5ccccc5c5ccccc45)nc4ccccc34)ccc2-c2cc3c4c(cccc4c21)Sc1ncccc1-3. The average Bonchev–Trinajstić information content (AvgIpc) is 3.78. The predicted octanol–water partition coefficient (Wildman–Crippen LogP) is 15.4. The van der Waals surface area contributed by atoms with Crippen LogP contribution in [0.5, 0.6) is 0 Å². The minimum atomic E-state index is -0.194. The zero-order valence-corrected chi connectivity index (χ0v) is 35.3. The Balaban J connectivity index is 0.949. The van der Waals surface area contributed by atoms with Gasteiger partial charge < -0.3 is 0 Å². The highest BCUT2D eigenvalue weighted by Crippen LogP contribution is 2.57. The van der Waals surface area contributed by atoms with Gasteiger partial charge in [0.1, 0.15) is 10.8 Å². The molecule has 0 N–H and O–H groups in total. The van der Waals surface area contributed by atoms with Crippen molar-refractivity contribution in [2.24, 2.45) is 0 Å². The normalized spacial score (nSPS) is 13.6. The standard InChI is InChI=1S/C58H36N4S/c1-58(2)48-31-34(24-26-39(48)46-32-45-41-20-12-28-59-57(41)63-52-23-11-19-43(53(45)52)54(46)58)33-25-27-51-44(29-33)40-17-8-10-22-50(40)62(51)56-42-18-7-9-21-49(42)60-55(61-56)47-30-35-13-3-4-14-36(35)37-15-5-6-16-38(37)47/h3-32H,1-2H3. The van der Waals surface area contributed by atoms with Crippen LogP contribution in [0.4, 0.5) is 0 Å². The van der Waals surface area contributed by atoms with Crippen LogP contribution in [-0.2, 0) is 5.41 Å². The lowest BCUT2D eigenvalue weighted by molar-refractivity contribution is 0.666. The van der Waals surface area contributed by atoms with E-state index in [9.17, 15) is 0 Å². The third-order valence-electron chi connectivity index (χ3n) is 13.8. The number of pyridine rings is 1. The number of hydrogen-bond donors (Lipinski definition) is 0. The molecular formula is C58H36N4S. The highest BCUT2D eigenvalue weighted by Gasteiger charge is 2.39. The first-order valence-corrected chi connectivity index (χ1v) is 22.4. The topological polar surface area (TPSA) is 43.6 Å². The van der Waals surface area contributed by atoms with Crippen molar-refractivity contribution in [2.75, 3.05) is 0 Å². The van der Waals surface area contributed by atoms with Crippen LogP contribution in [0.25, 0.3) is 116 Å². The Hall–Kier alpha value is -7.60. The summed E-state index contributed by atoms with van der Waals surface area (Å²) in [4.78, 5) is 16.8. The molecule has 0 atom stereocenters. The van der Waals surface area contributed by atoms with E-state index in [1.807, 2.05) is 6.20 Å². The van der Waals surface area contributed by atoms with E-state index in [1.54, 1.807) is 11.8 Å². The summed E-state index contributed by atoms with van der Waals surface area (Å²) in [6.07, 6.45) is 1.90. The Kier molecular flexibility index (Phi) is 7.08. The highest BCUT2D eigenvalue weighted by molar-refractivity contribution is 7.99. The van der Waals surface area contributed by atoms with Crippen molar-refractivity contribution in [1.82, 2.24) is 19.5 Å². The van der Waals surface area contributed by atoms with Gasteiger partial charge in [-0.25, -0.2) is 15.0 Å². The van der Waals surface area contributed by atoms with E-state index in [1.165, 1.54) is 87.1 Å². The van der Waals surface area contributed by atoms with Gasteiger partial charge in [-0.1, -0.05) is 141 Å². The number of para-hydroxylation sites is 2. The van der Waals surface area contributed by atoms with Crippen LogP contribution in [0.2, 0.25) is 0 Å². The maximum Gasteiger partial charge on any atom is 0.162 e. The Morgan fingerprint density at radius 3 is 2.11 bits per heavy atom. The average molecular weight is 821 g/mol. The van der Waals surface area contributed by atoms with Gasteiger partial charge in [-0.05, 0) is 127 Å². The van der Waals surface area contributed by atoms with Crippen LogP contribution in [-0.4, -0.2) is 19.5 Å². The molecule has 63 heavy (non-hydrogen) atoms. The lowest BCUT2D eigenvalue weighted by atomic mass is 9.78. The van der Waals surface area contributed by atoms with E-state index >= 15 is 0 Å². The Morgan fingerprint density at radius 1 is 0.476 bits per heavy atom. The van der Waals surface area contributed by atoms with Crippen LogP contribution in [0.3, 0.4) is 0 Å². The Morgan fingerprint density at radius 2 is 1.21 bits per heavy atom. The minimum Gasteiger partial charge on any atom is -0.293 e. The fraction of sp³-hybridized carbons (Fsp3) is 0.0517. The highest BCUT2D eigenvalue weighted by atomic mass is 32.2. The second-order valence-electron chi connectivity index (χ2n) is 17.5. The molecule has 14 rings (SSSR count). The first-order valence-electron chi connectivity index (χ1n) is 21.6. The molecule has 0 unspecified atom stereocenters. The van der Waals surface area contributed by atoms with Gasteiger partial charge in [0.2, 0.25) is 0 Å². The molecule has 2 aliphatic rings. The molecule has 0 bridgehead atoms. The molecule has 0 radical (unpaired) electrons. The molecule has 0 amide bonds. The van der Waals surface area contributed by atoms with Crippen molar-refractivity contribution >= 4 is 76.8 Å². The summed E-state index contributed by atoms with van der Waals surface area (Å²) in [5.74, 6) is 1.59. The molecule has 3 aromatic heterocycles. The van der Waals surface area contributed by atoms with Crippen molar-refractivity contribution in [1.29, 1.82) is 0 Å². The van der Waals surface area contributed by atoms with E-state index < -0.39 is 0 Å². The van der Waals surface area contributed by atoms with Crippen LogP contribution in [0, 0.1) is 0 Å². The maximum atomic E-state index is 5.53. The maximum absolute atomic E-state index is 5.53. The van der Waals surface area contributed by atoms with Crippen LogP contribution in [0.1, 0.15) is 25.0 Å². The largest absolute Gasteiger partial charge is 0.293 e. The van der Waals surface area contributed by atoms with Crippen LogP contribution >= 0.6 is 11.8 Å². The van der Waals surface area contributed by atoms with Gasteiger partial charge in [0.15, 0.2) is 5.82 Å². The number of fused-ring (bicyclic) bond motifs is 13. The first kappa shape index (κ1) is 35.0. The second-order valence-corrected chi connectivity index (χ2v) is 18.6. The van der Waals surface area contributed by atoms with E-state index in [0.717, 1.165) is 43.7 Å². The number of rotatable bonds is 3. The lowest BCUT2D eigenvalue weighted by Gasteiger charge is -2.26. The third kappa shape index (κ3) is 4.86. The van der Waals surface area contributed by atoms with Gasteiger partial charge in [0.25, 0.3) is 0 Å². The number of hydrogen-bond acceptors (Lipinski definition) is 4. The summed E-state index contributed by atoms with van der Waals surface area (Å²) in [6.45, 7) is 4.80. The monoisotopic (exact) mass is 820 g/mol. The molecule has 294 valence electrons. The molecule has 12 aromatic rings. The van der Waals surface area contributed by atoms with Gasteiger partial charge in [0, 0.05) is 49.2 Å². The molecule has 1 aliphatic heterocycles. The summed E-state index contributed by atoms with van der Waals surface area (Å²) >= 11 is 1.79. The summed E-state index contributed by atoms with van der Waals surface area (Å²) in [7, 11) is 0. The first-order chi connectivity index (χ1) is 31.0. The predicted molar refractivity (Wildman–Crippen MR) is 262 cm³/mol. The van der Waals surface area contributed by atoms with Gasteiger partial charge >= 0.3 is 0 Å². The van der Waals surface area contributed by atoms with Crippen molar-refractivity contribution in [3.05, 3.63) is 193 Å². The quantitative estimate of drug-likeness (QED) is 0.167. The minimum absolute atomic E-state index is 0.194. The summed E-state index contributed by atoms with van der Waals surface area (Å²) in [5.41, 5.74) is 14.3. The van der Waals surface area contributed by atoms with Gasteiger partial charge in [-0.15, -0.1) is 0 Å². The van der Waals surface area contributed by atoms with E-state index in [4.69, 9.17) is 15.0 Å². The molecule has 5 heteroatoms. The van der Waals surface area contributed by atoms with Gasteiger partial charge in [-0.2, -0.15) is 0 Å². The molecule has 9 aromatic carbocycles. The third-order valence-corrected chi connectivity index (χ3v) is 14.9. The molecule has 0 spiro atoms. The molecule has 0 saturated heterocycles. The summed E-state index contributed by atoms with van der Waals surface area (Å²) in [5, 5.41) is 11.9. The smallest absolute Gasteiger partial charge is 0.162 e. The fourth-order valence-electron chi connectivity index (χ4n) is 11.0. The molecular weight excluding hydrogens is 785 g/mol. The van der Waals surface area contributed by atoms with Crippen molar-refractivity contribution in [3.8, 4) is 50.6 Å². The van der Waals surface area contributed by atoms with Crippen molar-refractivity contribution in [2.45, 2.75) is 29.2 Å². The summed E-state index contributed by atoms with van der Waals surface area (Å²) in [6, 6.07) is 64.3. The number of nitrogens with zero attached hydrogens (tertiary/aromatic N) is 4. The Bertz CT molecular complexity index is 3990. The van der Waals surface area contributed by atoms with Crippen molar-refractivity contribution in [3.63, 3.8) is 0 Å². The van der Waals surface area contributed by atoms with Gasteiger partial charge in [0.05, 0.1) is 16.6 Å². The Labute approximate surface area is 367 Å². The number of benzene rings is 9. The second kappa shape index (κ2) is 12.7. The molecule has 0 saturated carbocycles. The van der Waals surface area contributed by atoms with E-state index in [0.29, 0.717) is 5.82 Å².